The van der Waals surface area contributed by atoms with Crippen LogP contribution in [0.1, 0.15) is 35.1 Å². The SMILES string of the molecule is Cc1cc(C)c(C)c(S(=O)(=O)CC(=O)NCC(=O)N2CCCC2)c1C. The van der Waals surface area contributed by atoms with E-state index in [1.165, 1.54) is 0 Å². The highest BCUT2D eigenvalue weighted by molar-refractivity contribution is 7.92. The maximum Gasteiger partial charge on any atom is 0.241 e. The summed E-state index contributed by atoms with van der Waals surface area (Å²) in [6.07, 6.45) is 1.94. The second-order valence-corrected chi connectivity index (χ2v) is 8.64. The van der Waals surface area contributed by atoms with Crippen LogP contribution in [0.15, 0.2) is 11.0 Å². The van der Waals surface area contributed by atoms with Gasteiger partial charge >= 0.3 is 0 Å². The predicted molar refractivity (Wildman–Crippen MR) is 96.3 cm³/mol. The lowest BCUT2D eigenvalue weighted by atomic mass is 10.0. The molecule has 2 rings (SSSR count). The van der Waals surface area contributed by atoms with Crippen molar-refractivity contribution in [3.63, 3.8) is 0 Å². The second-order valence-electron chi connectivity index (χ2n) is 6.71. The average Bonchev–Trinajstić information content (AvgIpc) is 3.04. The van der Waals surface area contributed by atoms with Crippen molar-refractivity contribution in [1.82, 2.24) is 10.2 Å². The van der Waals surface area contributed by atoms with E-state index in [0.29, 0.717) is 24.2 Å². The first kappa shape index (κ1) is 19.4. The molecule has 25 heavy (non-hydrogen) atoms. The van der Waals surface area contributed by atoms with Crippen LogP contribution in [0.3, 0.4) is 0 Å². The monoisotopic (exact) mass is 366 g/mol. The molecule has 138 valence electrons. The molecule has 0 bridgehead atoms. The molecule has 7 heteroatoms. The Kier molecular flexibility index (Phi) is 5.87. The zero-order valence-electron chi connectivity index (χ0n) is 15.3. The first-order valence-corrected chi connectivity index (χ1v) is 10.1. The third-order valence-electron chi connectivity index (χ3n) is 4.82. The molecule has 1 aliphatic rings. The number of rotatable bonds is 5. The lowest BCUT2D eigenvalue weighted by Gasteiger charge is -2.17. The summed E-state index contributed by atoms with van der Waals surface area (Å²) in [7, 11) is -3.77. The minimum atomic E-state index is -3.77. The molecule has 1 aromatic carbocycles. The summed E-state index contributed by atoms with van der Waals surface area (Å²) >= 11 is 0. The number of likely N-dealkylation sites (tertiary alicyclic amines) is 1. The van der Waals surface area contributed by atoms with Gasteiger partial charge in [-0.3, -0.25) is 9.59 Å². The molecular formula is C18H26N2O4S. The van der Waals surface area contributed by atoms with Crippen molar-refractivity contribution in [2.24, 2.45) is 0 Å². The van der Waals surface area contributed by atoms with Gasteiger partial charge in [-0.05, 0) is 62.8 Å². The van der Waals surface area contributed by atoms with E-state index in [-0.39, 0.29) is 17.3 Å². The van der Waals surface area contributed by atoms with Gasteiger partial charge < -0.3 is 10.2 Å². The van der Waals surface area contributed by atoms with Crippen LogP contribution in [0.2, 0.25) is 0 Å². The van der Waals surface area contributed by atoms with E-state index in [0.717, 1.165) is 24.0 Å². The van der Waals surface area contributed by atoms with Gasteiger partial charge in [0.05, 0.1) is 11.4 Å². The van der Waals surface area contributed by atoms with E-state index in [1.54, 1.807) is 18.7 Å². The molecule has 2 amide bonds. The van der Waals surface area contributed by atoms with Crippen LogP contribution in [0.25, 0.3) is 0 Å². The molecule has 1 aromatic rings. The number of nitrogens with zero attached hydrogens (tertiary/aromatic N) is 1. The largest absolute Gasteiger partial charge is 0.346 e. The summed E-state index contributed by atoms with van der Waals surface area (Å²) in [4.78, 5) is 25.9. The number of nitrogens with one attached hydrogen (secondary N) is 1. The molecule has 1 heterocycles. The van der Waals surface area contributed by atoms with Crippen molar-refractivity contribution in [3.8, 4) is 0 Å². The van der Waals surface area contributed by atoms with Crippen LogP contribution in [-0.4, -0.2) is 50.5 Å². The van der Waals surface area contributed by atoms with Crippen LogP contribution >= 0.6 is 0 Å². The van der Waals surface area contributed by atoms with Crippen LogP contribution in [0, 0.1) is 27.7 Å². The zero-order valence-corrected chi connectivity index (χ0v) is 16.1. The Labute approximate surface area is 149 Å². The molecular weight excluding hydrogens is 340 g/mol. The molecule has 0 aliphatic carbocycles. The maximum atomic E-state index is 12.7. The highest BCUT2D eigenvalue weighted by Crippen LogP contribution is 2.26. The van der Waals surface area contributed by atoms with Gasteiger partial charge in [0, 0.05) is 13.1 Å². The van der Waals surface area contributed by atoms with Crippen molar-refractivity contribution < 1.29 is 18.0 Å². The molecule has 0 atom stereocenters. The first-order valence-electron chi connectivity index (χ1n) is 8.48. The Hall–Kier alpha value is -1.89. The van der Waals surface area contributed by atoms with E-state index in [2.05, 4.69) is 5.32 Å². The number of sulfone groups is 1. The smallest absolute Gasteiger partial charge is 0.241 e. The second kappa shape index (κ2) is 7.56. The minimum Gasteiger partial charge on any atom is -0.346 e. The number of aryl methyl sites for hydroxylation is 2. The number of hydrogen-bond acceptors (Lipinski definition) is 4. The third-order valence-corrected chi connectivity index (χ3v) is 6.70. The molecule has 0 unspecified atom stereocenters. The summed E-state index contributed by atoms with van der Waals surface area (Å²) < 4.78 is 25.5. The Bertz CT molecular complexity index is 768. The summed E-state index contributed by atoms with van der Waals surface area (Å²) in [5.74, 6) is -1.46. The first-order chi connectivity index (χ1) is 11.6. The van der Waals surface area contributed by atoms with Crippen LogP contribution in [0.5, 0.6) is 0 Å². The molecule has 0 spiro atoms. The third kappa shape index (κ3) is 4.39. The van der Waals surface area contributed by atoms with E-state index in [9.17, 15) is 18.0 Å². The fraction of sp³-hybridized carbons (Fsp3) is 0.556. The van der Waals surface area contributed by atoms with Crippen molar-refractivity contribution in [1.29, 1.82) is 0 Å². The van der Waals surface area contributed by atoms with Crippen LogP contribution < -0.4 is 5.32 Å². The zero-order chi connectivity index (χ0) is 18.8. The van der Waals surface area contributed by atoms with Gasteiger partial charge in [0.2, 0.25) is 11.8 Å². The van der Waals surface area contributed by atoms with E-state index in [4.69, 9.17) is 0 Å². The average molecular weight is 366 g/mol. The highest BCUT2D eigenvalue weighted by atomic mass is 32.2. The molecule has 0 saturated carbocycles. The number of amides is 2. The number of carbonyl (C=O) groups excluding carboxylic acids is 2. The fourth-order valence-corrected chi connectivity index (χ4v) is 5.04. The van der Waals surface area contributed by atoms with Gasteiger partial charge in [-0.25, -0.2) is 8.42 Å². The van der Waals surface area contributed by atoms with Gasteiger partial charge in [-0.1, -0.05) is 6.07 Å². The molecule has 1 N–H and O–H groups in total. The van der Waals surface area contributed by atoms with Gasteiger partial charge in [-0.2, -0.15) is 0 Å². The van der Waals surface area contributed by atoms with Crippen molar-refractivity contribution in [2.45, 2.75) is 45.4 Å². The normalized spacial score (nSPS) is 14.6. The molecule has 1 fully saturated rings. The van der Waals surface area contributed by atoms with Crippen LogP contribution in [0.4, 0.5) is 0 Å². The highest BCUT2D eigenvalue weighted by Gasteiger charge is 2.26. The van der Waals surface area contributed by atoms with Crippen LogP contribution in [-0.2, 0) is 19.4 Å². The lowest BCUT2D eigenvalue weighted by molar-refractivity contribution is -0.131. The summed E-state index contributed by atoms with van der Waals surface area (Å²) in [5, 5.41) is 2.44. The van der Waals surface area contributed by atoms with E-state index in [1.807, 2.05) is 19.9 Å². The Balaban J connectivity index is 2.08. The molecule has 0 aromatic heterocycles. The van der Waals surface area contributed by atoms with Gasteiger partial charge in [0.25, 0.3) is 0 Å². The molecule has 1 saturated heterocycles. The Morgan fingerprint density at radius 1 is 1.04 bits per heavy atom. The maximum absolute atomic E-state index is 12.7. The summed E-state index contributed by atoms with van der Waals surface area (Å²) in [5.41, 5.74) is 3.10. The lowest BCUT2D eigenvalue weighted by Crippen LogP contribution is -2.40. The van der Waals surface area contributed by atoms with Gasteiger partial charge in [-0.15, -0.1) is 0 Å². The van der Waals surface area contributed by atoms with Gasteiger partial charge in [0.15, 0.2) is 9.84 Å². The van der Waals surface area contributed by atoms with Crippen molar-refractivity contribution >= 4 is 21.7 Å². The Morgan fingerprint density at radius 3 is 2.08 bits per heavy atom. The number of carbonyl (C=O) groups is 2. The van der Waals surface area contributed by atoms with E-state index < -0.39 is 21.5 Å². The van der Waals surface area contributed by atoms with Gasteiger partial charge in [0.1, 0.15) is 5.75 Å². The quantitative estimate of drug-likeness (QED) is 0.854. The summed E-state index contributed by atoms with van der Waals surface area (Å²) in [6.45, 7) is 8.47. The van der Waals surface area contributed by atoms with Crippen molar-refractivity contribution in [2.75, 3.05) is 25.4 Å². The standard InChI is InChI=1S/C18H26N2O4S/c1-12-9-13(2)15(4)18(14(12)3)25(23,24)11-16(21)19-10-17(22)20-7-5-6-8-20/h9H,5-8,10-11H2,1-4H3,(H,19,21). The molecule has 6 nitrogen and oxygen atoms in total. The topological polar surface area (TPSA) is 83.5 Å². The summed E-state index contributed by atoms with van der Waals surface area (Å²) in [6, 6.07) is 1.94. The van der Waals surface area contributed by atoms with E-state index >= 15 is 0 Å². The predicted octanol–water partition coefficient (Wildman–Crippen LogP) is 1.43. The number of hydrogen-bond donors (Lipinski definition) is 1. The molecule has 1 aliphatic heterocycles. The van der Waals surface area contributed by atoms with Crippen molar-refractivity contribution in [3.05, 3.63) is 28.3 Å². The Morgan fingerprint density at radius 2 is 1.56 bits per heavy atom. The molecule has 0 radical (unpaired) electrons. The number of benzene rings is 1. The fourth-order valence-electron chi connectivity index (χ4n) is 3.20. The minimum absolute atomic E-state index is 0.154.